The Kier molecular flexibility index (Phi) is 6.08. The summed E-state index contributed by atoms with van der Waals surface area (Å²) >= 11 is 0. The summed E-state index contributed by atoms with van der Waals surface area (Å²) in [6, 6.07) is 14.2. The van der Waals surface area contributed by atoms with Crippen molar-refractivity contribution in [3.63, 3.8) is 0 Å². The van der Waals surface area contributed by atoms with Crippen LogP contribution in [0, 0.1) is 33.6 Å². The standard InChI is InChI=1S/C25H29N5O2/c1-16-8-10-20(11-9-16)14-29-15-21(12-23(29)31)13-26-25(32)24-19(4)30(28-27-24)22-7-5-6-17(2)18(22)3/h5-11,21H,12-15H2,1-4H3,(H,26,32). The molecule has 2 aromatic carbocycles. The number of carbonyl (C=O) groups excluding carboxylic acids is 2. The number of nitrogens with zero attached hydrogens (tertiary/aromatic N) is 4. The summed E-state index contributed by atoms with van der Waals surface area (Å²) in [6.07, 6.45) is 0.445. The Balaban J connectivity index is 1.37. The average molecular weight is 432 g/mol. The van der Waals surface area contributed by atoms with Crippen molar-refractivity contribution in [3.05, 3.63) is 76.1 Å². The molecular formula is C25H29N5O2. The van der Waals surface area contributed by atoms with E-state index in [1.807, 2.05) is 50.8 Å². The predicted octanol–water partition coefficient (Wildman–Crippen LogP) is 3.28. The molecule has 7 heteroatoms. The minimum Gasteiger partial charge on any atom is -0.350 e. The molecule has 7 nitrogen and oxygen atoms in total. The number of nitrogens with one attached hydrogen (secondary N) is 1. The zero-order valence-corrected chi connectivity index (χ0v) is 19.1. The fourth-order valence-corrected chi connectivity index (χ4v) is 4.11. The molecule has 2 amide bonds. The van der Waals surface area contributed by atoms with Gasteiger partial charge >= 0.3 is 0 Å². The maximum absolute atomic E-state index is 12.8. The van der Waals surface area contributed by atoms with E-state index in [2.05, 4.69) is 39.9 Å². The SMILES string of the molecule is Cc1ccc(CN2CC(CNC(=O)c3nnn(-c4cccc(C)c4C)c3C)CC2=O)cc1. The van der Waals surface area contributed by atoms with Gasteiger partial charge in [-0.2, -0.15) is 0 Å². The Morgan fingerprint density at radius 2 is 1.84 bits per heavy atom. The Bertz CT molecular complexity index is 1150. The molecule has 32 heavy (non-hydrogen) atoms. The molecule has 166 valence electrons. The molecule has 1 saturated heterocycles. The number of aryl methyl sites for hydroxylation is 2. The first-order valence-corrected chi connectivity index (χ1v) is 10.9. The van der Waals surface area contributed by atoms with Crippen LogP contribution in [0.25, 0.3) is 5.69 Å². The molecular weight excluding hydrogens is 402 g/mol. The van der Waals surface area contributed by atoms with Gasteiger partial charge in [0.05, 0.1) is 11.4 Å². The van der Waals surface area contributed by atoms with Gasteiger partial charge in [0, 0.05) is 32.0 Å². The lowest BCUT2D eigenvalue weighted by atomic mass is 10.1. The highest BCUT2D eigenvalue weighted by Gasteiger charge is 2.30. The average Bonchev–Trinajstić information content (AvgIpc) is 3.32. The molecule has 0 spiro atoms. The van der Waals surface area contributed by atoms with Crippen molar-refractivity contribution in [3.8, 4) is 5.69 Å². The lowest BCUT2D eigenvalue weighted by Crippen LogP contribution is -2.31. The highest BCUT2D eigenvalue weighted by Crippen LogP contribution is 2.21. The normalized spacial score (nSPS) is 15.9. The Hall–Kier alpha value is -3.48. The van der Waals surface area contributed by atoms with E-state index in [0.29, 0.717) is 37.4 Å². The highest BCUT2D eigenvalue weighted by atomic mass is 16.2. The van der Waals surface area contributed by atoms with E-state index in [0.717, 1.165) is 22.4 Å². The smallest absolute Gasteiger partial charge is 0.273 e. The van der Waals surface area contributed by atoms with Gasteiger partial charge in [0.15, 0.2) is 5.69 Å². The molecule has 3 aromatic rings. The zero-order valence-electron chi connectivity index (χ0n) is 19.1. The number of benzene rings is 2. The van der Waals surface area contributed by atoms with Crippen LogP contribution in [0.15, 0.2) is 42.5 Å². The van der Waals surface area contributed by atoms with Crippen LogP contribution in [0.3, 0.4) is 0 Å². The molecule has 0 aliphatic carbocycles. The fraction of sp³-hybridized carbons (Fsp3) is 0.360. The maximum Gasteiger partial charge on any atom is 0.273 e. The minimum atomic E-state index is -0.261. The number of hydrogen-bond acceptors (Lipinski definition) is 4. The third kappa shape index (κ3) is 4.42. The van der Waals surface area contributed by atoms with Crippen LogP contribution in [0.1, 0.15) is 44.9 Å². The van der Waals surface area contributed by atoms with Crippen LogP contribution in [0.5, 0.6) is 0 Å². The summed E-state index contributed by atoms with van der Waals surface area (Å²) in [7, 11) is 0. The molecule has 1 N–H and O–H groups in total. The van der Waals surface area contributed by atoms with E-state index in [4.69, 9.17) is 0 Å². The number of rotatable bonds is 6. The second kappa shape index (κ2) is 8.94. The van der Waals surface area contributed by atoms with Crippen LogP contribution in [-0.4, -0.2) is 44.8 Å². The van der Waals surface area contributed by atoms with E-state index in [9.17, 15) is 9.59 Å². The molecule has 1 atom stereocenters. The second-order valence-corrected chi connectivity index (χ2v) is 8.69. The van der Waals surface area contributed by atoms with Gasteiger partial charge in [-0.1, -0.05) is 47.2 Å². The van der Waals surface area contributed by atoms with Crippen molar-refractivity contribution in [1.29, 1.82) is 0 Å². The third-order valence-electron chi connectivity index (χ3n) is 6.25. The number of amides is 2. The molecule has 1 aliphatic rings. The quantitative estimate of drug-likeness (QED) is 0.650. The number of aromatic nitrogens is 3. The Morgan fingerprint density at radius 3 is 2.59 bits per heavy atom. The van der Waals surface area contributed by atoms with Crippen molar-refractivity contribution >= 4 is 11.8 Å². The predicted molar refractivity (Wildman–Crippen MR) is 123 cm³/mol. The molecule has 1 aromatic heterocycles. The molecule has 0 saturated carbocycles. The molecule has 2 heterocycles. The van der Waals surface area contributed by atoms with Gasteiger partial charge in [-0.15, -0.1) is 5.10 Å². The highest BCUT2D eigenvalue weighted by molar-refractivity contribution is 5.93. The van der Waals surface area contributed by atoms with Gasteiger partial charge in [0.2, 0.25) is 5.91 Å². The van der Waals surface area contributed by atoms with Crippen LogP contribution in [0.2, 0.25) is 0 Å². The van der Waals surface area contributed by atoms with Crippen LogP contribution in [-0.2, 0) is 11.3 Å². The van der Waals surface area contributed by atoms with Crippen LogP contribution in [0.4, 0.5) is 0 Å². The summed E-state index contributed by atoms with van der Waals surface area (Å²) in [6.45, 7) is 9.65. The van der Waals surface area contributed by atoms with Crippen molar-refractivity contribution in [1.82, 2.24) is 25.2 Å². The summed E-state index contributed by atoms with van der Waals surface area (Å²) in [5.41, 5.74) is 6.50. The first-order chi connectivity index (χ1) is 15.3. The lowest BCUT2D eigenvalue weighted by Gasteiger charge is -2.17. The van der Waals surface area contributed by atoms with E-state index >= 15 is 0 Å². The van der Waals surface area contributed by atoms with Gasteiger partial charge in [-0.25, -0.2) is 4.68 Å². The second-order valence-electron chi connectivity index (χ2n) is 8.69. The van der Waals surface area contributed by atoms with Gasteiger partial charge in [-0.3, -0.25) is 9.59 Å². The molecule has 1 unspecified atom stereocenters. The van der Waals surface area contributed by atoms with E-state index in [1.165, 1.54) is 5.56 Å². The van der Waals surface area contributed by atoms with Crippen molar-refractivity contribution < 1.29 is 9.59 Å². The topological polar surface area (TPSA) is 80.1 Å². The van der Waals surface area contributed by atoms with E-state index < -0.39 is 0 Å². The molecule has 0 bridgehead atoms. The van der Waals surface area contributed by atoms with Gasteiger partial charge < -0.3 is 10.2 Å². The van der Waals surface area contributed by atoms with Gasteiger partial charge in [-0.05, 0) is 50.5 Å². The molecule has 0 radical (unpaired) electrons. The number of likely N-dealkylation sites (tertiary alicyclic amines) is 1. The largest absolute Gasteiger partial charge is 0.350 e. The number of carbonyl (C=O) groups is 2. The molecule has 1 fully saturated rings. The maximum atomic E-state index is 12.8. The van der Waals surface area contributed by atoms with Crippen molar-refractivity contribution in [2.24, 2.45) is 5.92 Å². The first-order valence-electron chi connectivity index (χ1n) is 10.9. The Morgan fingerprint density at radius 1 is 1.09 bits per heavy atom. The first kappa shape index (κ1) is 21.7. The van der Waals surface area contributed by atoms with Gasteiger partial charge in [0.1, 0.15) is 0 Å². The Labute approximate surface area is 188 Å². The van der Waals surface area contributed by atoms with E-state index in [-0.39, 0.29) is 17.7 Å². The summed E-state index contributed by atoms with van der Waals surface area (Å²) in [5, 5.41) is 11.3. The van der Waals surface area contributed by atoms with Crippen LogP contribution < -0.4 is 5.32 Å². The van der Waals surface area contributed by atoms with Crippen LogP contribution >= 0.6 is 0 Å². The lowest BCUT2D eigenvalue weighted by molar-refractivity contribution is -0.128. The summed E-state index contributed by atoms with van der Waals surface area (Å²) in [5.74, 6) is -0.0448. The van der Waals surface area contributed by atoms with E-state index in [1.54, 1.807) is 4.68 Å². The summed E-state index contributed by atoms with van der Waals surface area (Å²) < 4.78 is 1.71. The molecule has 4 rings (SSSR count). The third-order valence-corrected chi connectivity index (χ3v) is 6.25. The monoisotopic (exact) mass is 431 g/mol. The minimum absolute atomic E-state index is 0.0891. The zero-order chi connectivity index (χ0) is 22.8. The van der Waals surface area contributed by atoms with Gasteiger partial charge in [0.25, 0.3) is 5.91 Å². The van der Waals surface area contributed by atoms with Crippen molar-refractivity contribution in [2.45, 2.75) is 40.7 Å². The molecule has 1 aliphatic heterocycles. The van der Waals surface area contributed by atoms with Crippen molar-refractivity contribution in [2.75, 3.05) is 13.1 Å². The fourth-order valence-electron chi connectivity index (χ4n) is 4.11. The number of hydrogen-bond donors (Lipinski definition) is 1. The summed E-state index contributed by atoms with van der Waals surface area (Å²) in [4.78, 5) is 27.1.